The van der Waals surface area contributed by atoms with Crippen molar-refractivity contribution in [3.63, 3.8) is 0 Å². The highest BCUT2D eigenvalue weighted by Crippen LogP contribution is 2.38. The number of fused-ring (bicyclic) bond motifs is 1. The van der Waals surface area contributed by atoms with E-state index in [0.29, 0.717) is 25.4 Å². The van der Waals surface area contributed by atoms with Gasteiger partial charge in [0.15, 0.2) is 6.10 Å². The zero-order valence-corrected chi connectivity index (χ0v) is 21.5. The molecule has 1 fully saturated rings. The summed E-state index contributed by atoms with van der Waals surface area (Å²) in [7, 11) is 0. The Hall–Kier alpha value is -3.19. The zero-order chi connectivity index (χ0) is 25.8. The number of benzene rings is 2. The van der Waals surface area contributed by atoms with Crippen LogP contribution in [0.4, 0.5) is 4.39 Å². The molecule has 192 valence electrons. The van der Waals surface area contributed by atoms with Crippen molar-refractivity contribution in [3.8, 4) is 5.75 Å². The first kappa shape index (κ1) is 25.9. The lowest BCUT2D eigenvalue weighted by molar-refractivity contribution is -0.139. The molecule has 36 heavy (non-hydrogen) atoms. The van der Waals surface area contributed by atoms with Gasteiger partial charge in [-0.15, -0.1) is 6.58 Å². The molecule has 2 aromatic carbocycles. The highest BCUT2D eigenvalue weighted by Gasteiger charge is 2.34. The number of hydrogen-bond acceptors (Lipinski definition) is 4. The van der Waals surface area contributed by atoms with Crippen molar-refractivity contribution >= 4 is 11.8 Å². The third kappa shape index (κ3) is 5.62. The summed E-state index contributed by atoms with van der Waals surface area (Å²) in [4.78, 5) is 32.2. The Morgan fingerprint density at radius 3 is 2.36 bits per heavy atom. The molecule has 0 aliphatic carbocycles. The lowest BCUT2D eigenvalue weighted by atomic mass is 9.87. The lowest BCUT2D eigenvalue weighted by Gasteiger charge is -2.39. The maximum Gasteiger partial charge on any atom is 0.263 e. The predicted molar refractivity (Wildman–Crippen MR) is 138 cm³/mol. The number of halogens is 1. The van der Waals surface area contributed by atoms with Crippen molar-refractivity contribution in [1.29, 1.82) is 0 Å². The van der Waals surface area contributed by atoms with Gasteiger partial charge in [0.1, 0.15) is 11.6 Å². The van der Waals surface area contributed by atoms with E-state index in [0.717, 1.165) is 42.7 Å². The fraction of sp³-hybridized carbons (Fsp3) is 0.448. The number of rotatable bonds is 7. The first-order valence-corrected chi connectivity index (χ1v) is 12.8. The van der Waals surface area contributed by atoms with Gasteiger partial charge in [0.05, 0.1) is 6.04 Å². The molecule has 2 atom stereocenters. The number of piperazine rings is 1. The van der Waals surface area contributed by atoms with Crippen molar-refractivity contribution in [1.82, 2.24) is 14.7 Å². The van der Waals surface area contributed by atoms with Crippen molar-refractivity contribution in [2.75, 3.05) is 39.3 Å². The van der Waals surface area contributed by atoms with Crippen LogP contribution in [-0.2, 0) is 16.0 Å². The standard InChI is InChI=1S/C29H36FN3O3/c1-5-13-31-15-17-32(18-16-31)29(35)21(4)36-25-11-8-22-12-14-33(28(34)20(2)3)27(26(22)19-25)23-6-9-24(30)10-7-23/h5-11,19-21,27H,1,12-18H2,2-4H3. The molecule has 4 rings (SSSR count). The van der Waals surface area contributed by atoms with Gasteiger partial charge in [-0.25, -0.2) is 4.39 Å². The Bertz CT molecular complexity index is 1090. The van der Waals surface area contributed by atoms with Crippen LogP contribution in [0.1, 0.15) is 43.5 Å². The van der Waals surface area contributed by atoms with E-state index in [1.807, 2.05) is 47.9 Å². The van der Waals surface area contributed by atoms with Gasteiger partial charge in [-0.1, -0.05) is 38.1 Å². The predicted octanol–water partition coefficient (Wildman–Crippen LogP) is 4.05. The van der Waals surface area contributed by atoms with Gasteiger partial charge in [0.25, 0.3) is 5.91 Å². The quantitative estimate of drug-likeness (QED) is 0.546. The van der Waals surface area contributed by atoms with Crippen LogP contribution in [0.3, 0.4) is 0 Å². The number of amides is 2. The SMILES string of the molecule is C=CCN1CCN(C(=O)C(C)Oc2ccc3c(c2)C(c2ccc(F)cc2)N(C(=O)C(C)C)CC3)CC1. The molecule has 2 unspecified atom stereocenters. The average Bonchev–Trinajstić information content (AvgIpc) is 2.88. The van der Waals surface area contributed by atoms with E-state index in [9.17, 15) is 14.0 Å². The van der Waals surface area contributed by atoms with Crippen LogP contribution in [0.15, 0.2) is 55.1 Å². The Morgan fingerprint density at radius 1 is 1.03 bits per heavy atom. The van der Waals surface area contributed by atoms with E-state index in [-0.39, 0.29) is 29.6 Å². The molecular formula is C29H36FN3O3. The fourth-order valence-electron chi connectivity index (χ4n) is 5.09. The second-order valence-electron chi connectivity index (χ2n) is 9.93. The van der Waals surface area contributed by atoms with Crippen molar-refractivity contribution < 1.29 is 18.7 Å². The molecular weight excluding hydrogens is 457 g/mol. The maximum atomic E-state index is 13.7. The lowest BCUT2D eigenvalue weighted by Crippen LogP contribution is -2.51. The summed E-state index contributed by atoms with van der Waals surface area (Å²) in [5.41, 5.74) is 2.93. The average molecular weight is 494 g/mol. The molecule has 0 aromatic heterocycles. The van der Waals surface area contributed by atoms with E-state index in [1.54, 1.807) is 19.1 Å². The molecule has 2 aliphatic heterocycles. The van der Waals surface area contributed by atoms with Gasteiger partial charge in [0.2, 0.25) is 5.91 Å². The minimum atomic E-state index is -0.629. The van der Waals surface area contributed by atoms with E-state index < -0.39 is 6.10 Å². The Kier molecular flexibility index (Phi) is 8.09. The molecule has 2 amide bonds. The van der Waals surface area contributed by atoms with Crippen LogP contribution >= 0.6 is 0 Å². The molecule has 0 N–H and O–H groups in total. The van der Waals surface area contributed by atoms with Crippen LogP contribution in [0.25, 0.3) is 0 Å². The fourth-order valence-corrected chi connectivity index (χ4v) is 5.09. The zero-order valence-electron chi connectivity index (χ0n) is 21.5. The number of carbonyl (C=O) groups is 2. The first-order valence-electron chi connectivity index (χ1n) is 12.8. The summed E-state index contributed by atoms with van der Waals surface area (Å²) in [5, 5.41) is 0. The van der Waals surface area contributed by atoms with Gasteiger partial charge in [-0.3, -0.25) is 14.5 Å². The number of carbonyl (C=O) groups excluding carboxylic acids is 2. The molecule has 1 saturated heterocycles. The molecule has 0 saturated carbocycles. The second-order valence-corrected chi connectivity index (χ2v) is 9.93. The second kappa shape index (κ2) is 11.2. The largest absolute Gasteiger partial charge is 0.481 e. The third-order valence-electron chi connectivity index (χ3n) is 7.04. The normalized spacial score (nSPS) is 19.1. The van der Waals surface area contributed by atoms with Crippen LogP contribution in [0.2, 0.25) is 0 Å². The van der Waals surface area contributed by atoms with Gasteiger partial charge >= 0.3 is 0 Å². The highest BCUT2D eigenvalue weighted by molar-refractivity contribution is 5.81. The van der Waals surface area contributed by atoms with Crippen LogP contribution in [-0.4, -0.2) is 71.9 Å². The van der Waals surface area contributed by atoms with Crippen molar-refractivity contribution in [2.45, 2.75) is 39.3 Å². The molecule has 0 bridgehead atoms. The van der Waals surface area contributed by atoms with E-state index in [2.05, 4.69) is 11.5 Å². The number of nitrogens with zero attached hydrogens (tertiary/aromatic N) is 3. The number of ether oxygens (including phenoxy) is 1. The molecule has 0 radical (unpaired) electrons. The van der Waals surface area contributed by atoms with Gasteiger partial charge in [-0.05, 0) is 54.3 Å². The smallest absolute Gasteiger partial charge is 0.263 e. The van der Waals surface area contributed by atoms with Crippen LogP contribution in [0, 0.1) is 11.7 Å². The minimum Gasteiger partial charge on any atom is -0.481 e. The molecule has 2 aliphatic rings. The molecule has 2 heterocycles. The molecule has 0 spiro atoms. The maximum absolute atomic E-state index is 13.7. The van der Waals surface area contributed by atoms with Gasteiger partial charge < -0.3 is 14.5 Å². The summed E-state index contributed by atoms with van der Waals surface area (Å²) in [6, 6.07) is 11.8. The van der Waals surface area contributed by atoms with Gasteiger partial charge in [0, 0.05) is 45.2 Å². The Balaban J connectivity index is 1.56. The summed E-state index contributed by atoms with van der Waals surface area (Å²) in [6.45, 7) is 13.8. The highest BCUT2D eigenvalue weighted by atomic mass is 19.1. The minimum absolute atomic E-state index is 0.0299. The molecule has 6 nitrogen and oxygen atoms in total. The van der Waals surface area contributed by atoms with E-state index in [1.165, 1.54) is 12.1 Å². The molecule has 7 heteroatoms. The Labute approximate surface area is 213 Å². The van der Waals surface area contributed by atoms with E-state index >= 15 is 0 Å². The van der Waals surface area contributed by atoms with Crippen molar-refractivity contribution in [3.05, 3.63) is 77.6 Å². The summed E-state index contributed by atoms with van der Waals surface area (Å²) < 4.78 is 19.8. The van der Waals surface area contributed by atoms with E-state index in [4.69, 9.17) is 4.74 Å². The number of hydrogen-bond donors (Lipinski definition) is 0. The topological polar surface area (TPSA) is 53.1 Å². The first-order chi connectivity index (χ1) is 17.3. The monoisotopic (exact) mass is 493 g/mol. The summed E-state index contributed by atoms with van der Waals surface area (Å²) in [5.74, 6) is 0.147. The van der Waals surface area contributed by atoms with Gasteiger partial charge in [-0.2, -0.15) is 0 Å². The summed E-state index contributed by atoms with van der Waals surface area (Å²) >= 11 is 0. The van der Waals surface area contributed by atoms with Crippen LogP contribution < -0.4 is 4.74 Å². The van der Waals surface area contributed by atoms with Crippen LogP contribution in [0.5, 0.6) is 5.75 Å². The van der Waals surface area contributed by atoms with Crippen molar-refractivity contribution in [2.24, 2.45) is 5.92 Å². The Morgan fingerprint density at radius 2 is 1.72 bits per heavy atom. The third-order valence-corrected chi connectivity index (χ3v) is 7.04. The molecule has 2 aromatic rings. The summed E-state index contributed by atoms with van der Waals surface area (Å²) in [6.07, 6.45) is 1.99.